The normalized spacial score (nSPS) is 37.2. The van der Waals surface area contributed by atoms with Crippen LogP contribution in [0.1, 0.15) is 51.4 Å². The molecule has 2 aliphatic heterocycles. The Labute approximate surface area is 122 Å². The predicted octanol–water partition coefficient (Wildman–Crippen LogP) is 1.89. The quantitative estimate of drug-likeness (QED) is 0.865. The maximum Gasteiger partial charge on any atom is 0.154 e. The van der Waals surface area contributed by atoms with E-state index in [-0.39, 0.29) is 16.9 Å². The van der Waals surface area contributed by atoms with Gasteiger partial charge in [0, 0.05) is 12.6 Å². The molecule has 1 saturated carbocycles. The van der Waals surface area contributed by atoms with Crippen LogP contribution >= 0.6 is 0 Å². The van der Waals surface area contributed by atoms with Crippen LogP contribution in [-0.4, -0.2) is 44.7 Å². The third-order valence-electron chi connectivity index (χ3n) is 5.67. The Hall–Kier alpha value is -0.130. The lowest BCUT2D eigenvalue weighted by atomic mass is 9.70. The molecule has 3 fully saturated rings. The highest BCUT2D eigenvalue weighted by Crippen LogP contribution is 2.46. The summed E-state index contributed by atoms with van der Waals surface area (Å²) in [4.78, 5) is 0. The van der Waals surface area contributed by atoms with Crippen LogP contribution in [-0.2, 0) is 14.6 Å². The predicted molar refractivity (Wildman–Crippen MR) is 79.5 cm³/mol. The Kier molecular flexibility index (Phi) is 4.13. The monoisotopic (exact) mass is 301 g/mol. The number of ether oxygens (including phenoxy) is 1. The van der Waals surface area contributed by atoms with E-state index in [1.807, 2.05) is 7.05 Å². The number of sulfone groups is 1. The third-order valence-corrected chi connectivity index (χ3v) is 7.98. The summed E-state index contributed by atoms with van der Waals surface area (Å²) in [5, 5.41) is 3.17. The molecular weight excluding hydrogens is 274 g/mol. The molecule has 4 nitrogen and oxygen atoms in total. The molecule has 0 aromatic rings. The van der Waals surface area contributed by atoms with Gasteiger partial charge in [0.15, 0.2) is 9.84 Å². The van der Waals surface area contributed by atoms with Gasteiger partial charge in [-0.25, -0.2) is 8.42 Å². The maximum atomic E-state index is 12.4. The van der Waals surface area contributed by atoms with Crippen molar-refractivity contribution in [3.8, 4) is 0 Å². The molecular formula is C15H27NO3S. The highest BCUT2D eigenvalue weighted by molar-refractivity contribution is 7.92. The van der Waals surface area contributed by atoms with Crippen molar-refractivity contribution in [3.05, 3.63) is 0 Å². The molecule has 1 aliphatic carbocycles. The maximum absolute atomic E-state index is 12.4. The highest BCUT2D eigenvalue weighted by atomic mass is 32.2. The minimum Gasteiger partial charge on any atom is -0.375 e. The summed E-state index contributed by atoms with van der Waals surface area (Å²) in [6.07, 6.45) is 8.36. The molecule has 2 heterocycles. The first-order valence-corrected chi connectivity index (χ1v) is 9.81. The van der Waals surface area contributed by atoms with Crippen molar-refractivity contribution >= 4 is 9.84 Å². The minimum absolute atomic E-state index is 0.0937. The average Bonchev–Trinajstić information content (AvgIpc) is 2.40. The molecule has 0 radical (unpaired) electrons. The van der Waals surface area contributed by atoms with Gasteiger partial charge in [-0.05, 0) is 57.9 Å². The summed E-state index contributed by atoms with van der Waals surface area (Å²) >= 11 is 0. The first-order valence-electron chi connectivity index (χ1n) is 8.09. The van der Waals surface area contributed by atoms with Gasteiger partial charge in [-0.3, -0.25) is 0 Å². The molecule has 1 spiro atoms. The second-order valence-corrected chi connectivity index (χ2v) is 9.19. The van der Waals surface area contributed by atoms with Gasteiger partial charge in [-0.1, -0.05) is 6.42 Å². The van der Waals surface area contributed by atoms with Crippen molar-refractivity contribution in [3.63, 3.8) is 0 Å². The van der Waals surface area contributed by atoms with Crippen LogP contribution in [0.5, 0.6) is 0 Å². The fourth-order valence-corrected chi connectivity index (χ4v) is 6.64. The van der Waals surface area contributed by atoms with Crippen LogP contribution in [0.15, 0.2) is 0 Å². The lowest BCUT2D eigenvalue weighted by Gasteiger charge is -2.49. The standard InChI is InChI=1S/C15H27NO3S/c1-16-14(13-5-2-3-10-20(13,17)18)12-6-9-19-15(11-12)7-4-8-15/h12-14,16H,2-11H2,1H3. The number of hydrogen-bond acceptors (Lipinski definition) is 4. The molecule has 2 saturated heterocycles. The van der Waals surface area contributed by atoms with E-state index in [1.165, 1.54) is 6.42 Å². The molecule has 3 unspecified atom stereocenters. The van der Waals surface area contributed by atoms with E-state index in [2.05, 4.69) is 5.32 Å². The van der Waals surface area contributed by atoms with Crippen LogP contribution in [0.4, 0.5) is 0 Å². The summed E-state index contributed by atoms with van der Waals surface area (Å²) in [6.45, 7) is 0.801. The molecule has 3 atom stereocenters. The Balaban J connectivity index is 1.75. The van der Waals surface area contributed by atoms with Crippen molar-refractivity contribution in [1.29, 1.82) is 0 Å². The van der Waals surface area contributed by atoms with Gasteiger partial charge in [0.1, 0.15) is 0 Å². The summed E-state index contributed by atoms with van der Waals surface area (Å²) in [7, 11) is -0.985. The van der Waals surface area contributed by atoms with E-state index in [4.69, 9.17) is 4.74 Å². The number of hydrogen-bond donors (Lipinski definition) is 1. The van der Waals surface area contributed by atoms with Gasteiger partial charge in [0.25, 0.3) is 0 Å². The first-order chi connectivity index (χ1) is 9.56. The lowest BCUT2D eigenvalue weighted by Crippen LogP contribution is -2.55. The Bertz CT molecular complexity index is 444. The smallest absolute Gasteiger partial charge is 0.154 e. The van der Waals surface area contributed by atoms with Crippen LogP contribution in [0.3, 0.4) is 0 Å². The fourth-order valence-electron chi connectivity index (χ4n) is 4.40. The molecule has 116 valence electrons. The Morgan fingerprint density at radius 1 is 1.20 bits per heavy atom. The van der Waals surface area contributed by atoms with Crippen LogP contribution < -0.4 is 5.32 Å². The second kappa shape index (κ2) is 5.58. The van der Waals surface area contributed by atoms with Crippen molar-refractivity contribution in [2.24, 2.45) is 5.92 Å². The third kappa shape index (κ3) is 2.64. The van der Waals surface area contributed by atoms with Crippen LogP contribution in [0.2, 0.25) is 0 Å². The number of rotatable bonds is 3. The van der Waals surface area contributed by atoms with E-state index in [9.17, 15) is 8.42 Å². The summed E-state index contributed by atoms with van der Waals surface area (Å²) < 4.78 is 30.8. The molecule has 5 heteroatoms. The van der Waals surface area contributed by atoms with E-state index < -0.39 is 9.84 Å². The van der Waals surface area contributed by atoms with Gasteiger partial charge in [0.05, 0.1) is 16.6 Å². The molecule has 0 aromatic carbocycles. The van der Waals surface area contributed by atoms with E-state index in [0.29, 0.717) is 11.7 Å². The summed E-state index contributed by atoms with van der Waals surface area (Å²) in [5.74, 6) is 0.830. The molecule has 0 aromatic heterocycles. The van der Waals surface area contributed by atoms with Gasteiger partial charge in [0.2, 0.25) is 0 Å². The van der Waals surface area contributed by atoms with Gasteiger partial charge in [-0.2, -0.15) is 0 Å². The molecule has 3 rings (SSSR count). The first kappa shape index (κ1) is 14.8. The van der Waals surface area contributed by atoms with Crippen molar-refractivity contribution in [2.45, 2.75) is 68.3 Å². The Morgan fingerprint density at radius 2 is 2.00 bits per heavy atom. The average molecular weight is 301 g/mol. The molecule has 20 heavy (non-hydrogen) atoms. The van der Waals surface area contributed by atoms with Crippen molar-refractivity contribution in [2.75, 3.05) is 19.4 Å². The zero-order valence-corrected chi connectivity index (χ0v) is 13.3. The minimum atomic E-state index is -2.91. The van der Waals surface area contributed by atoms with E-state index >= 15 is 0 Å². The van der Waals surface area contributed by atoms with E-state index in [1.54, 1.807) is 0 Å². The zero-order valence-electron chi connectivity index (χ0n) is 12.4. The largest absolute Gasteiger partial charge is 0.375 e. The summed E-state index contributed by atoms with van der Waals surface area (Å²) in [6, 6.07) is 0.113. The molecule has 1 N–H and O–H groups in total. The Morgan fingerprint density at radius 3 is 2.60 bits per heavy atom. The highest BCUT2D eigenvalue weighted by Gasteiger charge is 2.47. The molecule has 0 amide bonds. The molecule has 0 bridgehead atoms. The summed E-state index contributed by atoms with van der Waals surface area (Å²) in [5.41, 5.74) is 0.0937. The van der Waals surface area contributed by atoms with Gasteiger partial charge < -0.3 is 10.1 Å². The fraction of sp³-hybridized carbons (Fsp3) is 1.00. The van der Waals surface area contributed by atoms with Crippen LogP contribution in [0.25, 0.3) is 0 Å². The topological polar surface area (TPSA) is 55.4 Å². The van der Waals surface area contributed by atoms with Crippen molar-refractivity contribution in [1.82, 2.24) is 5.32 Å². The zero-order chi connectivity index (χ0) is 14.2. The van der Waals surface area contributed by atoms with Crippen molar-refractivity contribution < 1.29 is 13.2 Å². The SMILES string of the molecule is CNC(C1CCOC2(CCC2)C1)C1CCCCS1(=O)=O. The lowest BCUT2D eigenvalue weighted by molar-refractivity contribution is -0.147. The number of nitrogens with one attached hydrogen (secondary N) is 1. The van der Waals surface area contributed by atoms with E-state index in [0.717, 1.165) is 51.6 Å². The van der Waals surface area contributed by atoms with Crippen LogP contribution in [0, 0.1) is 5.92 Å². The van der Waals surface area contributed by atoms with Gasteiger partial charge >= 0.3 is 0 Å². The second-order valence-electron chi connectivity index (χ2n) is 6.85. The van der Waals surface area contributed by atoms with Gasteiger partial charge in [-0.15, -0.1) is 0 Å². The molecule has 3 aliphatic rings.